The number of amides is 1. The summed E-state index contributed by atoms with van der Waals surface area (Å²) in [5.74, 6) is 0. The van der Waals surface area contributed by atoms with Crippen molar-refractivity contribution in [1.29, 1.82) is 0 Å². The van der Waals surface area contributed by atoms with E-state index in [1.807, 2.05) is 40.9 Å². The van der Waals surface area contributed by atoms with Gasteiger partial charge in [0.2, 0.25) is 0 Å². The molecule has 0 saturated carbocycles. The van der Waals surface area contributed by atoms with Crippen molar-refractivity contribution in [3.63, 3.8) is 0 Å². The molecule has 1 heterocycles. The molecular weight excluding hydrogens is 360 g/mol. The molecule has 2 rings (SSSR count). The summed E-state index contributed by atoms with van der Waals surface area (Å²) >= 11 is 0. The van der Waals surface area contributed by atoms with Crippen LogP contribution >= 0.6 is 0 Å². The van der Waals surface area contributed by atoms with Crippen LogP contribution in [0.2, 0.25) is 0 Å². The second kappa shape index (κ2) is 8.60. The van der Waals surface area contributed by atoms with Gasteiger partial charge in [-0.3, -0.25) is 4.90 Å². The van der Waals surface area contributed by atoms with Crippen molar-refractivity contribution >= 4 is 23.0 Å². The van der Waals surface area contributed by atoms with Crippen molar-refractivity contribution in [3.8, 4) is 0 Å². The number of aromatic nitrogens is 1. The average molecular weight is 390 g/mol. The van der Waals surface area contributed by atoms with Crippen molar-refractivity contribution in [1.82, 2.24) is 14.8 Å². The lowest BCUT2D eigenvalue weighted by molar-refractivity contribution is 0.0955. The highest BCUT2D eigenvalue weighted by atomic mass is 16.4. The Balaban J connectivity index is 2.30. The van der Waals surface area contributed by atoms with E-state index in [1.54, 1.807) is 13.0 Å². The summed E-state index contributed by atoms with van der Waals surface area (Å²) in [6, 6.07) is 3.76. The first-order valence-corrected chi connectivity index (χ1v) is 9.33. The van der Waals surface area contributed by atoms with Crippen molar-refractivity contribution in [2.24, 2.45) is 0 Å². The van der Waals surface area contributed by atoms with Crippen LogP contribution in [0.1, 0.15) is 38.3 Å². The molecular formula is C20H30N4O4. The molecule has 8 heteroatoms. The van der Waals surface area contributed by atoms with E-state index in [0.29, 0.717) is 23.0 Å². The first kappa shape index (κ1) is 21.7. The third-order valence-electron chi connectivity index (χ3n) is 4.60. The van der Waals surface area contributed by atoms with Crippen molar-refractivity contribution in [2.75, 3.05) is 32.5 Å². The Morgan fingerprint density at radius 1 is 1.29 bits per heavy atom. The van der Waals surface area contributed by atoms with Crippen LogP contribution < -0.4 is 10.9 Å². The maximum Gasteiger partial charge on any atom is 0.408 e. The Morgan fingerprint density at radius 3 is 2.54 bits per heavy atom. The smallest absolute Gasteiger partial charge is 0.408 e. The number of carboxylic acid groups (broad SMARTS) is 1. The number of hydrogen-bond donors (Lipinski definition) is 2. The molecule has 28 heavy (non-hydrogen) atoms. The van der Waals surface area contributed by atoms with Crippen LogP contribution in [0.4, 0.5) is 10.8 Å². The van der Waals surface area contributed by atoms with Crippen molar-refractivity contribution in [3.05, 3.63) is 33.7 Å². The van der Waals surface area contributed by atoms with E-state index < -0.39 is 17.3 Å². The standard InChI is InChI=1S/C20H30N4O4/c1-13-14(12-24(19(26)27)20(2,3)4)8-9-15-16(13)17(25)28-18(22-15)21-10-7-11-23(5)6/h8-9H,7,10-12H2,1-6H3,(H,21,22)(H,26,27). The molecule has 0 saturated heterocycles. The Labute approximate surface area is 165 Å². The minimum atomic E-state index is -1.01. The predicted molar refractivity (Wildman–Crippen MR) is 110 cm³/mol. The zero-order valence-corrected chi connectivity index (χ0v) is 17.5. The Hall–Kier alpha value is -2.61. The van der Waals surface area contributed by atoms with E-state index in [4.69, 9.17) is 4.42 Å². The molecule has 1 aromatic heterocycles. The summed E-state index contributed by atoms with van der Waals surface area (Å²) in [5, 5.41) is 13.0. The van der Waals surface area contributed by atoms with Crippen molar-refractivity contribution in [2.45, 2.75) is 46.2 Å². The van der Waals surface area contributed by atoms with Gasteiger partial charge in [0.15, 0.2) is 0 Å². The molecule has 0 aliphatic rings. The summed E-state index contributed by atoms with van der Waals surface area (Å²) in [5.41, 5.74) is 0.942. The number of aryl methyl sites for hydroxylation is 1. The molecule has 0 fully saturated rings. The van der Waals surface area contributed by atoms with Crippen LogP contribution in [0.15, 0.2) is 21.3 Å². The second-order valence-electron chi connectivity index (χ2n) is 8.17. The zero-order valence-electron chi connectivity index (χ0n) is 17.5. The molecule has 8 nitrogen and oxygen atoms in total. The highest BCUT2D eigenvalue weighted by molar-refractivity contribution is 5.82. The fourth-order valence-electron chi connectivity index (χ4n) is 2.96. The zero-order chi connectivity index (χ0) is 21.1. The monoisotopic (exact) mass is 390 g/mol. The van der Waals surface area contributed by atoms with Gasteiger partial charge in [0.05, 0.1) is 10.9 Å². The van der Waals surface area contributed by atoms with Gasteiger partial charge in [-0.25, -0.2) is 9.59 Å². The summed E-state index contributed by atoms with van der Waals surface area (Å²) in [6.45, 7) is 9.05. The van der Waals surface area contributed by atoms with Gasteiger partial charge in [-0.2, -0.15) is 4.98 Å². The van der Waals surface area contributed by atoms with E-state index in [2.05, 4.69) is 15.2 Å². The average Bonchev–Trinajstić information content (AvgIpc) is 2.56. The van der Waals surface area contributed by atoms with Gasteiger partial charge in [-0.05, 0) is 71.9 Å². The van der Waals surface area contributed by atoms with Gasteiger partial charge in [0, 0.05) is 18.6 Å². The predicted octanol–water partition coefficient (Wildman–Crippen LogP) is 3.14. The normalized spacial score (nSPS) is 11.8. The second-order valence-corrected chi connectivity index (χ2v) is 8.17. The first-order chi connectivity index (χ1) is 13.0. The Kier molecular flexibility index (Phi) is 6.66. The third kappa shape index (κ3) is 5.22. The van der Waals surface area contributed by atoms with Gasteiger partial charge in [-0.1, -0.05) is 6.07 Å². The highest BCUT2D eigenvalue weighted by Gasteiger charge is 2.27. The van der Waals surface area contributed by atoms with Crippen LogP contribution in [0.5, 0.6) is 0 Å². The lowest BCUT2D eigenvalue weighted by Gasteiger charge is -2.33. The maximum absolute atomic E-state index is 12.5. The van der Waals surface area contributed by atoms with E-state index in [-0.39, 0.29) is 12.6 Å². The van der Waals surface area contributed by atoms with Gasteiger partial charge in [-0.15, -0.1) is 0 Å². The Morgan fingerprint density at radius 2 is 1.96 bits per heavy atom. The number of rotatable bonds is 7. The minimum Gasteiger partial charge on any atom is -0.465 e. The van der Waals surface area contributed by atoms with E-state index in [1.165, 1.54) is 4.90 Å². The summed E-state index contributed by atoms with van der Waals surface area (Å²) < 4.78 is 5.33. The largest absolute Gasteiger partial charge is 0.465 e. The van der Waals surface area contributed by atoms with Gasteiger partial charge >= 0.3 is 11.7 Å². The number of nitrogens with one attached hydrogen (secondary N) is 1. The number of fused-ring (bicyclic) bond motifs is 1. The van der Waals surface area contributed by atoms with Gasteiger partial charge in [0.25, 0.3) is 6.01 Å². The SMILES string of the molecule is Cc1c(CN(C(=O)O)C(C)(C)C)ccc2nc(NCCCN(C)C)oc(=O)c12. The molecule has 0 unspecified atom stereocenters. The van der Waals surface area contributed by atoms with Crippen molar-refractivity contribution < 1.29 is 14.3 Å². The van der Waals surface area contributed by atoms with Crippen LogP contribution in [0, 0.1) is 6.92 Å². The number of anilines is 1. The molecule has 0 spiro atoms. The number of carbonyl (C=O) groups is 1. The highest BCUT2D eigenvalue weighted by Crippen LogP contribution is 2.23. The fourth-order valence-corrected chi connectivity index (χ4v) is 2.96. The van der Waals surface area contributed by atoms with Crippen LogP contribution in [-0.4, -0.2) is 58.7 Å². The lowest BCUT2D eigenvalue weighted by atomic mass is 10.0. The van der Waals surface area contributed by atoms with E-state index >= 15 is 0 Å². The molecule has 2 N–H and O–H groups in total. The summed E-state index contributed by atoms with van der Waals surface area (Å²) in [4.78, 5) is 32.0. The summed E-state index contributed by atoms with van der Waals surface area (Å²) in [6.07, 6.45) is -0.110. The number of nitrogens with zero attached hydrogens (tertiary/aromatic N) is 3. The topological polar surface area (TPSA) is 98.9 Å². The molecule has 0 atom stereocenters. The van der Waals surface area contributed by atoms with Gasteiger partial charge in [0.1, 0.15) is 0 Å². The Bertz CT molecular complexity index is 899. The molecule has 0 radical (unpaired) electrons. The minimum absolute atomic E-state index is 0.185. The van der Waals surface area contributed by atoms with Gasteiger partial charge < -0.3 is 19.7 Å². The van der Waals surface area contributed by atoms with E-state index in [9.17, 15) is 14.7 Å². The molecule has 0 aliphatic carbocycles. The molecule has 154 valence electrons. The quantitative estimate of drug-likeness (QED) is 0.701. The number of benzene rings is 1. The molecule has 0 aliphatic heterocycles. The summed E-state index contributed by atoms with van der Waals surface area (Å²) in [7, 11) is 4.00. The molecule has 1 amide bonds. The van der Waals surface area contributed by atoms with Crippen LogP contribution in [0.25, 0.3) is 10.9 Å². The van der Waals surface area contributed by atoms with E-state index in [0.717, 1.165) is 18.5 Å². The van der Waals surface area contributed by atoms with Crippen LogP contribution in [0.3, 0.4) is 0 Å². The first-order valence-electron chi connectivity index (χ1n) is 9.33. The third-order valence-corrected chi connectivity index (χ3v) is 4.60. The molecule has 2 aromatic rings. The molecule has 0 bridgehead atoms. The lowest BCUT2D eigenvalue weighted by Crippen LogP contribution is -2.44. The molecule has 1 aromatic carbocycles. The maximum atomic E-state index is 12.5. The van der Waals surface area contributed by atoms with Crippen LogP contribution in [-0.2, 0) is 6.54 Å². The number of hydrogen-bond acceptors (Lipinski definition) is 6. The fraction of sp³-hybridized carbons (Fsp3) is 0.550.